The lowest BCUT2D eigenvalue weighted by atomic mass is 9.98. The lowest BCUT2D eigenvalue weighted by Crippen LogP contribution is -2.58. The van der Waals surface area contributed by atoms with Gasteiger partial charge in [-0.2, -0.15) is 13.2 Å². The molecule has 0 radical (unpaired) electrons. The largest absolute Gasteiger partial charge is 0.405 e. The monoisotopic (exact) mass is 427 g/mol. The van der Waals surface area contributed by atoms with Crippen LogP contribution in [0.15, 0.2) is 0 Å². The second-order valence-corrected chi connectivity index (χ2v) is 7.26. The van der Waals surface area contributed by atoms with E-state index < -0.39 is 48.7 Å². The maximum Gasteiger partial charge on any atom is 0.405 e. The summed E-state index contributed by atoms with van der Waals surface area (Å²) in [5.74, 6) is -1.24. The summed E-state index contributed by atoms with van der Waals surface area (Å²) in [6.45, 7) is 0.178. The summed E-state index contributed by atoms with van der Waals surface area (Å²) < 4.78 is 40.0. The zero-order chi connectivity index (χ0) is 19.7. The molecule has 0 bridgehead atoms. The Kier molecular flexibility index (Phi) is 7.16. The standard InChI is InChI=1S/C16H24F3N5O3.ClH/c17-16(18,19)11(23-7-5-20-6-8-23)9-21-12(25)10-24-13(26)15(22-14(24)27)3-1-2-4-15;/h11,20H,1-10H2,(H,21,25)(H,22,27);1H. The topological polar surface area (TPSA) is 93.8 Å². The Morgan fingerprint density at radius 3 is 2.36 bits per heavy atom. The van der Waals surface area contributed by atoms with Gasteiger partial charge < -0.3 is 16.0 Å². The van der Waals surface area contributed by atoms with Gasteiger partial charge in [0.15, 0.2) is 0 Å². The van der Waals surface area contributed by atoms with E-state index in [0.29, 0.717) is 25.9 Å². The molecule has 0 aromatic heterocycles. The highest BCUT2D eigenvalue weighted by atomic mass is 35.5. The van der Waals surface area contributed by atoms with Crippen LogP contribution in [0, 0.1) is 0 Å². The molecule has 1 spiro atoms. The Morgan fingerprint density at radius 2 is 1.79 bits per heavy atom. The van der Waals surface area contributed by atoms with Crippen molar-refractivity contribution in [1.29, 1.82) is 0 Å². The van der Waals surface area contributed by atoms with Gasteiger partial charge in [0.05, 0.1) is 0 Å². The van der Waals surface area contributed by atoms with Crippen molar-refractivity contribution in [1.82, 2.24) is 25.8 Å². The van der Waals surface area contributed by atoms with Crippen molar-refractivity contribution < 1.29 is 27.6 Å². The first-order valence-corrected chi connectivity index (χ1v) is 9.15. The van der Waals surface area contributed by atoms with Crippen LogP contribution in [0.2, 0.25) is 0 Å². The van der Waals surface area contributed by atoms with Gasteiger partial charge in [0.1, 0.15) is 18.1 Å². The average Bonchev–Trinajstić information content (AvgIpc) is 3.16. The van der Waals surface area contributed by atoms with Crippen molar-refractivity contribution in [3.8, 4) is 0 Å². The molecule has 1 atom stereocenters. The molecule has 2 aliphatic heterocycles. The van der Waals surface area contributed by atoms with Crippen LogP contribution in [0.3, 0.4) is 0 Å². The van der Waals surface area contributed by atoms with E-state index in [1.807, 2.05) is 0 Å². The molecule has 2 saturated heterocycles. The molecule has 2 heterocycles. The molecule has 3 aliphatic rings. The molecule has 3 N–H and O–H groups in total. The van der Waals surface area contributed by atoms with E-state index in [1.165, 1.54) is 4.90 Å². The number of nitrogens with zero attached hydrogens (tertiary/aromatic N) is 2. The van der Waals surface area contributed by atoms with Crippen molar-refractivity contribution in [2.75, 3.05) is 39.3 Å². The molecule has 1 saturated carbocycles. The minimum absolute atomic E-state index is 0. The lowest BCUT2D eigenvalue weighted by molar-refractivity contribution is -0.184. The van der Waals surface area contributed by atoms with Crippen molar-refractivity contribution >= 4 is 30.3 Å². The number of nitrogens with one attached hydrogen (secondary N) is 3. The summed E-state index contributed by atoms with van der Waals surface area (Å²) in [7, 11) is 0. The summed E-state index contributed by atoms with van der Waals surface area (Å²) >= 11 is 0. The van der Waals surface area contributed by atoms with Crippen LogP contribution < -0.4 is 16.0 Å². The summed E-state index contributed by atoms with van der Waals surface area (Å²) in [4.78, 5) is 38.7. The molecule has 0 aromatic rings. The first kappa shape index (κ1) is 22.7. The molecular weight excluding hydrogens is 403 g/mol. The lowest BCUT2D eigenvalue weighted by Gasteiger charge is -2.36. The fraction of sp³-hybridized carbons (Fsp3) is 0.812. The Morgan fingerprint density at radius 1 is 1.18 bits per heavy atom. The van der Waals surface area contributed by atoms with Gasteiger partial charge in [0, 0.05) is 32.7 Å². The normalized spacial score (nSPS) is 23.5. The van der Waals surface area contributed by atoms with E-state index in [9.17, 15) is 27.6 Å². The van der Waals surface area contributed by atoms with Crippen LogP contribution in [-0.2, 0) is 9.59 Å². The number of carbonyl (C=O) groups excluding carboxylic acids is 3. The van der Waals surface area contributed by atoms with Gasteiger partial charge in [0.2, 0.25) is 5.91 Å². The van der Waals surface area contributed by atoms with Gasteiger partial charge in [0.25, 0.3) is 5.91 Å². The molecule has 4 amide bonds. The third-order valence-electron chi connectivity index (χ3n) is 5.47. The number of urea groups is 1. The zero-order valence-electron chi connectivity index (χ0n) is 15.3. The highest BCUT2D eigenvalue weighted by Crippen LogP contribution is 2.34. The Balaban J connectivity index is 0.00000280. The predicted octanol–water partition coefficient (Wildman–Crippen LogP) is 0.225. The van der Waals surface area contributed by atoms with Crippen LogP contribution >= 0.6 is 12.4 Å². The molecular formula is C16H25ClF3N5O3. The van der Waals surface area contributed by atoms with E-state index >= 15 is 0 Å². The number of amides is 4. The van der Waals surface area contributed by atoms with Gasteiger partial charge in [-0.05, 0) is 12.8 Å². The van der Waals surface area contributed by atoms with Crippen molar-refractivity contribution in [2.45, 2.75) is 43.4 Å². The predicted molar refractivity (Wildman–Crippen MR) is 96.0 cm³/mol. The van der Waals surface area contributed by atoms with Gasteiger partial charge in [-0.15, -0.1) is 12.4 Å². The number of carbonyl (C=O) groups is 3. The number of alkyl halides is 3. The molecule has 28 heavy (non-hydrogen) atoms. The van der Waals surface area contributed by atoms with Crippen molar-refractivity contribution in [3.05, 3.63) is 0 Å². The summed E-state index contributed by atoms with van der Waals surface area (Å²) in [6.07, 6.45) is -1.82. The van der Waals surface area contributed by atoms with Crippen molar-refractivity contribution in [2.24, 2.45) is 0 Å². The number of piperazine rings is 1. The number of halogens is 4. The minimum Gasteiger partial charge on any atom is -0.353 e. The molecule has 160 valence electrons. The van der Waals surface area contributed by atoms with Crippen molar-refractivity contribution in [3.63, 3.8) is 0 Å². The Bertz CT molecular complexity index is 607. The first-order valence-electron chi connectivity index (χ1n) is 9.15. The van der Waals surface area contributed by atoms with Gasteiger partial charge >= 0.3 is 12.2 Å². The molecule has 12 heteroatoms. The third kappa shape index (κ3) is 4.69. The van der Waals surface area contributed by atoms with Crippen LogP contribution in [0.5, 0.6) is 0 Å². The maximum absolute atomic E-state index is 13.3. The minimum atomic E-state index is -4.49. The SMILES string of the molecule is Cl.O=C(CN1C(=O)NC2(CCCC2)C1=O)NCC(N1CCNCC1)C(F)(F)F. The number of hydrogen-bond acceptors (Lipinski definition) is 5. The van der Waals surface area contributed by atoms with E-state index in [2.05, 4.69) is 16.0 Å². The summed E-state index contributed by atoms with van der Waals surface area (Å²) in [5, 5.41) is 7.86. The highest BCUT2D eigenvalue weighted by molar-refractivity contribution is 6.09. The Labute approximate surface area is 166 Å². The Hall–Kier alpha value is -1.59. The molecule has 1 aliphatic carbocycles. The quantitative estimate of drug-likeness (QED) is 0.546. The van der Waals surface area contributed by atoms with Crippen LogP contribution in [0.25, 0.3) is 0 Å². The number of rotatable bonds is 5. The fourth-order valence-corrected chi connectivity index (χ4v) is 3.99. The van der Waals surface area contributed by atoms with E-state index in [4.69, 9.17) is 0 Å². The molecule has 3 fully saturated rings. The van der Waals surface area contributed by atoms with Gasteiger partial charge in [-0.25, -0.2) is 4.79 Å². The average molecular weight is 428 g/mol. The second kappa shape index (κ2) is 8.83. The van der Waals surface area contributed by atoms with E-state index in [1.54, 1.807) is 0 Å². The van der Waals surface area contributed by atoms with Crippen LogP contribution in [0.4, 0.5) is 18.0 Å². The number of imide groups is 1. The number of hydrogen-bond donors (Lipinski definition) is 3. The van der Waals surface area contributed by atoms with E-state index in [-0.39, 0.29) is 25.5 Å². The van der Waals surface area contributed by atoms with Crippen LogP contribution in [0.1, 0.15) is 25.7 Å². The van der Waals surface area contributed by atoms with Gasteiger partial charge in [-0.3, -0.25) is 19.4 Å². The first-order chi connectivity index (χ1) is 12.7. The zero-order valence-corrected chi connectivity index (χ0v) is 16.1. The smallest absolute Gasteiger partial charge is 0.353 e. The maximum atomic E-state index is 13.3. The fourth-order valence-electron chi connectivity index (χ4n) is 3.99. The molecule has 3 rings (SSSR count). The van der Waals surface area contributed by atoms with Crippen LogP contribution in [-0.4, -0.2) is 84.7 Å². The summed E-state index contributed by atoms with van der Waals surface area (Å²) in [6, 6.07) is -2.46. The summed E-state index contributed by atoms with van der Waals surface area (Å²) in [5.41, 5.74) is -0.938. The van der Waals surface area contributed by atoms with E-state index in [0.717, 1.165) is 17.7 Å². The highest BCUT2D eigenvalue weighted by Gasteiger charge is 2.52. The second-order valence-electron chi connectivity index (χ2n) is 7.26. The van der Waals surface area contributed by atoms with Gasteiger partial charge in [-0.1, -0.05) is 12.8 Å². The molecule has 1 unspecified atom stereocenters. The molecule has 0 aromatic carbocycles. The molecule has 8 nitrogen and oxygen atoms in total. The third-order valence-corrected chi connectivity index (χ3v) is 5.47.